The number of hydrogen-bond acceptors (Lipinski definition) is 4. The molecule has 0 radical (unpaired) electrons. The van der Waals surface area contributed by atoms with E-state index < -0.39 is 16.1 Å². The van der Waals surface area contributed by atoms with Crippen molar-refractivity contribution in [3.8, 4) is 0 Å². The van der Waals surface area contributed by atoms with Crippen LogP contribution in [0.15, 0.2) is 40.6 Å². The Hall–Kier alpha value is -1.53. The van der Waals surface area contributed by atoms with Gasteiger partial charge in [-0.3, -0.25) is 9.10 Å². The van der Waals surface area contributed by atoms with Crippen LogP contribution in [0, 0.1) is 18.8 Å². The highest BCUT2D eigenvalue weighted by Gasteiger charge is 2.52. The third kappa shape index (κ3) is 3.07. The van der Waals surface area contributed by atoms with Crippen LogP contribution in [0.1, 0.15) is 37.7 Å². The summed E-state index contributed by atoms with van der Waals surface area (Å²) >= 11 is 5.94. The molecule has 0 N–H and O–H groups in total. The van der Waals surface area contributed by atoms with Crippen LogP contribution in [0.2, 0.25) is 0 Å². The van der Waals surface area contributed by atoms with E-state index >= 15 is 0 Å². The zero-order valence-electron chi connectivity index (χ0n) is 15.4. The molecule has 146 valence electrons. The number of allylic oxidation sites excluding steroid dienone is 2. The number of ketones is 1. The number of sulfonamides is 1. The van der Waals surface area contributed by atoms with E-state index in [9.17, 15) is 13.2 Å². The Kier molecular flexibility index (Phi) is 4.97. The van der Waals surface area contributed by atoms with Crippen LogP contribution in [-0.2, 0) is 19.6 Å². The molecule has 3 aliphatic rings. The summed E-state index contributed by atoms with van der Waals surface area (Å²) < 4.78 is 34.4. The quantitative estimate of drug-likeness (QED) is 0.712. The highest BCUT2D eigenvalue weighted by molar-refractivity contribution is 7.89. The van der Waals surface area contributed by atoms with E-state index in [1.54, 1.807) is 24.3 Å². The molecule has 0 bridgehead atoms. The highest BCUT2D eigenvalue weighted by Crippen LogP contribution is 2.48. The first-order chi connectivity index (χ1) is 12.9. The molecule has 0 spiro atoms. The summed E-state index contributed by atoms with van der Waals surface area (Å²) in [6, 6.07) is 6.29. The van der Waals surface area contributed by atoms with Gasteiger partial charge in [-0.1, -0.05) is 30.5 Å². The van der Waals surface area contributed by atoms with Gasteiger partial charge < -0.3 is 4.74 Å². The lowest BCUT2D eigenvalue weighted by atomic mass is 9.80. The van der Waals surface area contributed by atoms with E-state index in [-0.39, 0.29) is 34.8 Å². The number of hydrogen-bond donors (Lipinski definition) is 0. The number of rotatable bonds is 4. The lowest BCUT2D eigenvalue weighted by molar-refractivity contribution is -0.121. The lowest BCUT2D eigenvalue weighted by Crippen LogP contribution is -2.47. The Labute approximate surface area is 165 Å². The summed E-state index contributed by atoms with van der Waals surface area (Å²) in [6.45, 7) is 2.15. The van der Waals surface area contributed by atoms with Crippen molar-refractivity contribution >= 4 is 27.4 Å². The number of carbonyl (C=O) groups is 1. The van der Waals surface area contributed by atoms with Gasteiger partial charge in [0.15, 0.2) is 5.78 Å². The Morgan fingerprint density at radius 1 is 1.15 bits per heavy atom. The second-order valence-corrected chi connectivity index (χ2v) is 9.82. The first kappa shape index (κ1) is 18.8. The topological polar surface area (TPSA) is 63.7 Å². The van der Waals surface area contributed by atoms with Gasteiger partial charge in [-0.05, 0) is 38.3 Å². The minimum atomic E-state index is -3.86. The van der Waals surface area contributed by atoms with Crippen LogP contribution >= 0.6 is 11.6 Å². The number of Topliss-reactive ketones (excluding diaryl/α,β-unsaturated/α-hetero) is 1. The molecule has 1 aromatic rings. The van der Waals surface area contributed by atoms with Crippen LogP contribution in [-0.4, -0.2) is 37.0 Å². The summed E-state index contributed by atoms with van der Waals surface area (Å²) in [7, 11) is -3.86. The van der Waals surface area contributed by atoms with Crippen molar-refractivity contribution < 1.29 is 17.9 Å². The molecule has 1 heterocycles. The first-order valence-corrected chi connectivity index (χ1v) is 11.5. The molecule has 1 aromatic carbocycles. The van der Waals surface area contributed by atoms with Gasteiger partial charge in [0.1, 0.15) is 18.1 Å². The van der Waals surface area contributed by atoms with E-state index in [2.05, 4.69) is 0 Å². The maximum Gasteiger partial charge on any atom is 0.264 e. The lowest BCUT2D eigenvalue weighted by Gasteiger charge is -2.37. The second kappa shape index (κ2) is 7.13. The fraction of sp³-hybridized carbons (Fsp3) is 0.550. The fourth-order valence-corrected chi connectivity index (χ4v) is 6.46. The van der Waals surface area contributed by atoms with Crippen molar-refractivity contribution in [1.29, 1.82) is 0 Å². The fourth-order valence-electron chi connectivity index (χ4n) is 4.53. The predicted molar refractivity (Wildman–Crippen MR) is 103 cm³/mol. The van der Waals surface area contributed by atoms with Gasteiger partial charge in [0.25, 0.3) is 10.0 Å². The van der Waals surface area contributed by atoms with Gasteiger partial charge in [0, 0.05) is 17.7 Å². The Morgan fingerprint density at radius 2 is 1.81 bits per heavy atom. The Morgan fingerprint density at radius 3 is 2.48 bits per heavy atom. The third-order valence-corrected chi connectivity index (χ3v) is 7.99. The van der Waals surface area contributed by atoms with Crippen molar-refractivity contribution in [1.82, 2.24) is 4.31 Å². The van der Waals surface area contributed by atoms with Crippen LogP contribution < -0.4 is 0 Å². The van der Waals surface area contributed by atoms with Gasteiger partial charge >= 0.3 is 0 Å². The summed E-state index contributed by atoms with van der Waals surface area (Å²) in [5, 5.41) is 0. The molecule has 0 aromatic heterocycles. The smallest absolute Gasteiger partial charge is 0.264 e. The van der Waals surface area contributed by atoms with Crippen LogP contribution in [0.3, 0.4) is 0 Å². The van der Waals surface area contributed by atoms with E-state index in [1.165, 1.54) is 4.31 Å². The number of carbonyl (C=O) groups excluding carboxylic acids is 1. The molecule has 7 heteroatoms. The van der Waals surface area contributed by atoms with Crippen molar-refractivity contribution in [3.63, 3.8) is 0 Å². The molecule has 0 unspecified atom stereocenters. The number of alkyl halides is 1. The SMILES string of the molecule is Cc1ccc(S(=O)(=O)N2C3=C(OC[C@@H]2CCCl)[C@@H]2CCCC[C@@H]2C3=O)cc1. The van der Waals surface area contributed by atoms with Gasteiger partial charge in [-0.15, -0.1) is 11.6 Å². The Balaban J connectivity index is 1.82. The third-order valence-electron chi connectivity index (χ3n) is 5.91. The molecule has 4 rings (SSSR count). The second-order valence-electron chi connectivity index (χ2n) is 7.63. The molecule has 1 fully saturated rings. The summed E-state index contributed by atoms with van der Waals surface area (Å²) in [5.41, 5.74) is 1.24. The average molecular weight is 410 g/mol. The summed E-state index contributed by atoms with van der Waals surface area (Å²) in [6.07, 6.45) is 4.17. The minimum absolute atomic E-state index is 0.0221. The largest absolute Gasteiger partial charge is 0.493 e. The standard InChI is InChI=1S/C20H24ClNO4S/c1-13-6-8-15(9-7-13)27(24,25)22-14(10-11-21)12-26-20-17-5-3-2-4-16(17)19(23)18(20)22/h6-9,14,16-17H,2-5,10-12H2,1H3/t14-,16-,17+/m0/s1. The summed E-state index contributed by atoms with van der Waals surface area (Å²) in [5.74, 6) is 0.691. The number of fused-ring (bicyclic) bond motifs is 2. The number of halogens is 1. The average Bonchev–Trinajstić information content (AvgIpc) is 2.95. The first-order valence-electron chi connectivity index (χ1n) is 9.53. The zero-order valence-corrected chi connectivity index (χ0v) is 16.9. The molecular formula is C20H24ClNO4S. The molecule has 1 aliphatic heterocycles. The Bertz CT molecular complexity index is 878. The van der Waals surface area contributed by atoms with Gasteiger partial charge in [0.05, 0.1) is 10.9 Å². The number of ether oxygens (including phenoxy) is 1. The minimum Gasteiger partial charge on any atom is -0.493 e. The van der Waals surface area contributed by atoms with E-state index in [1.807, 2.05) is 6.92 Å². The van der Waals surface area contributed by atoms with Crippen molar-refractivity contribution in [3.05, 3.63) is 41.3 Å². The van der Waals surface area contributed by atoms with E-state index in [4.69, 9.17) is 16.3 Å². The zero-order chi connectivity index (χ0) is 19.2. The van der Waals surface area contributed by atoms with E-state index in [0.29, 0.717) is 18.1 Å². The van der Waals surface area contributed by atoms with Gasteiger partial charge in [-0.2, -0.15) is 0 Å². The monoisotopic (exact) mass is 409 g/mol. The number of benzene rings is 1. The maximum atomic E-state index is 13.5. The van der Waals surface area contributed by atoms with Crippen molar-refractivity contribution in [2.75, 3.05) is 12.5 Å². The summed E-state index contributed by atoms with van der Waals surface area (Å²) in [4.78, 5) is 13.4. The molecule has 2 aliphatic carbocycles. The van der Waals surface area contributed by atoms with Crippen molar-refractivity contribution in [2.24, 2.45) is 11.8 Å². The number of nitrogens with zero attached hydrogens (tertiary/aromatic N) is 1. The predicted octanol–water partition coefficient (Wildman–Crippen LogP) is 3.61. The molecular weight excluding hydrogens is 386 g/mol. The van der Waals surface area contributed by atoms with Crippen LogP contribution in [0.25, 0.3) is 0 Å². The number of aryl methyl sites for hydroxylation is 1. The molecule has 0 saturated heterocycles. The van der Waals surface area contributed by atoms with E-state index in [0.717, 1.165) is 31.2 Å². The van der Waals surface area contributed by atoms with Crippen LogP contribution in [0.4, 0.5) is 0 Å². The maximum absolute atomic E-state index is 13.5. The normalized spacial score (nSPS) is 28.0. The molecule has 3 atom stereocenters. The van der Waals surface area contributed by atoms with Crippen LogP contribution in [0.5, 0.6) is 0 Å². The molecule has 0 amide bonds. The molecule has 5 nitrogen and oxygen atoms in total. The highest BCUT2D eigenvalue weighted by atomic mass is 35.5. The van der Waals surface area contributed by atoms with Gasteiger partial charge in [-0.25, -0.2) is 8.42 Å². The van der Waals surface area contributed by atoms with Crippen molar-refractivity contribution in [2.45, 2.75) is 50.0 Å². The molecule has 1 saturated carbocycles. The van der Waals surface area contributed by atoms with Gasteiger partial charge in [0.2, 0.25) is 0 Å². The molecule has 27 heavy (non-hydrogen) atoms.